The standard InChI is InChI=1S/C9H11BrN2O2S/c1-12(4-2-7(11)15)9(13)6-3-5-14-8(6)10/h3,5H,2,4H2,1H3,(H2,11,15). The first-order valence-electron chi connectivity index (χ1n) is 4.29. The van der Waals surface area contributed by atoms with E-state index in [9.17, 15) is 4.79 Å². The molecule has 1 aromatic rings. The van der Waals surface area contributed by atoms with E-state index in [0.717, 1.165) is 0 Å². The topological polar surface area (TPSA) is 59.5 Å². The molecule has 1 aromatic heterocycles. The van der Waals surface area contributed by atoms with Gasteiger partial charge in [0.25, 0.3) is 5.91 Å². The highest BCUT2D eigenvalue weighted by molar-refractivity contribution is 9.10. The molecular weight excluding hydrogens is 280 g/mol. The molecule has 6 heteroatoms. The Bertz CT molecular complexity index is 378. The number of nitrogens with zero attached hydrogens (tertiary/aromatic N) is 1. The molecule has 0 aromatic carbocycles. The van der Waals surface area contributed by atoms with E-state index >= 15 is 0 Å². The van der Waals surface area contributed by atoms with Gasteiger partial charge in [-0.3, -0.25) is 4.79 Å². The predicted octanol–water partition coefficient (Wildman–Crippen LogP) is 1.79. The summed E-state index contributed by atoms with van der Waals surface area (Å²) in [5.74, 6) is -0.119. The van der Waals surface area contributed by atoms with Crippen molar-refractivity contribution in [2.75, 3.05) is 13.6 Å². The third-order valence-corrected chi connectivity index (χ3v) is 2.71. The first-order valence-corrected chi connectivity index (χ1v) is 5.49. The lowest BCUT2D eigenvalue weighted by molar-refractivity contribution is 0.0797. The van der Waals surface area contributed by atoms with Gasteiger partial charge in [0.1, 0.15) is 0 Å². The molecule has 4 nitrogen and oxygen atoms in total. The molecule has 0 fully saturated rings. The summed E-state index contributed by atoms with van der Waals surface area (Å²) < 4.78 is 5.42. The van der Waals surface area contributed by atoms with Crippen LogP contribution in [0.3, 0.4) is 0 Å². The minimum atomic E-state index is -0.119. The minimum absolute atomic E-state index is 0.119. The van der Waals surface area contributed by atoms with Gasteiger partial charge in [-0.25, -0.2) is 0 Å². The number of thiocarbonyl (C=S) groups is 1. The van der Waals surface area contributed by atoms with E-state index in [-0.39, 0.29) is 5.91 Å². The molecule has 82 valence electrons. The van der Waals surface area contributed by atoms with Crippen molar-refractivity contribution in [3.05, 3.63) is 22.6 Å². The van der Waals surface area contributed by atoms with Crippen molar-refractivity contribution in [2.45, 2.75) is 6.42 Å². The number of amides is 1. The van der Waals surface area contributed by atoms with Crippen molar-refractivity contribution in [1.29, 1.82) is 0 Å². The number of halogens is 1. The molecule has 0 aliphatic heterocycles. The number of hydrogen-bond acceptors (Lipinski definition) is 3. The van der Waals surface area contributed by atoms with Crippen LogP contribution in [0, 0.1) is 0 Å². The monoisotopic (exact) mass is 290 g/mol. The second kappa shape index (κ2) is 5.27. The molecule has 0 bridgehead atoms. The maximum absolute atomic E-state index is 11.8. The van der Waals surface area contributed by atoms with Crippen molar-refractivity contribution >= 4 is 39.0 Å². The van der Waals surface area contributed by atoms with Gasteiger partial charge in [0.2, 0.25) is 0 Å². The van der Waals surface area contributed by atoms with E-state index in [1.807, 2.05) is 0 Å². The van der Waals surface area contributed by atoms with Gasteiger partial charge in [-0.1, -0.05) is 12.2 Å². The number of furan rings is 1. The Labute approximate surface area is 102 Å². The molecule has 0 saturated carbocycles. The van der Waals surface area contributed by atoms with Crippen LogP contribution >= 0.6 is 28.1 Å². The van der Waals surface area contributed by atoms with Crippen LogP contribution in [-0.2, 0) is 0 Å². The molecule has 2 N–H and O–H groups in total. The van der Waals surface area contributed by atoms with Crippen molar-refractivity contribution in [1.82, 2.24) is 4.90 Å². The van der Waals surface area contributed by atoms with E-state index < -0.39 is 0 Å². The van der Waals surface area contributed by atoms with Crippen molar-refractivity contribution in [3.63, 3.8) is 0 Å². The van der Waals surface area contributed by atoms with Crippen LogP contribution in [0.1, 0.15) is 16.8 Å². The molecule has 0 atom stereocenters. The second-order valence-electron chi connectivity index (χ2n) is 3.05. The molecule has 0 spiro atoms. The Kier molecular flexibility index (Phi) is 4.28. The van der Waals surface area contributed by atoms with E-state index in [4.69, 9.17) is 22.4 Å². The lowest BCUT2D eigenvalue weighted by Crippen LogP contribution is -2.29. The van der Waals surface area contributed by atoms with Gasteiger partial charge in [-0.15, -0.1) is 0 Å². The largest absolute Gasteiger partial charge is 0.457 e. The molecule has 15 heavy (non-hydrogen) atoms. The van der Waals surface area contributed by atoms with Crippen LogP contribution in [0.4, 0.5) is 0 Å². The smallest absolute Gasteiger partial charge is 0.258 e. The number of carbonyl (C=O) groups excluding carboxylic acids is 1. The Morgan fingerprint density at radius 3 is 2.87 bits per heavy atom. The molecule has 0 aliphatic carbocycles. The molecule has 0 aliphatic rings. The Hall–Kier alpha value is -0.880. The van der Waals surface area contributed by atoms with E-state index in [2.05, 4.69) is 15.9 Å². The summed E-state index contributed by atoms with van der Waals surface area (Å²) in [6.07, 6.45) is 1.98. The van der Waals surface area contributed by atoms with Crippen molar-refractivity contribution in [3.8, 4) is 0 Å². The molecule has 0 unspecified atom stereocenters. The zero-order valence-corrected chi connectivity index (χ0v) is 10.6. The second-order valence-corrected chi connectivity index (χ2v) is 4.30. The third-order valence-electron chi connectivity index (χ3n) is 1.89. The Morgan fingerprint density at radius 1 is 1.73 bits per heavy atom. The molecule has 1 heterocycles. The van der Waals surface area contributed by atoms with Crippen LogP contribution in [0.15, 0.2) is 21.4 Å². The normalized spacial score (nSPS) is 10.0. The summed E-state index contributed by atoms with van der Waals surface area (Å²) in [6.45, 7) is 0.506. The summed E-state index contributed by atoms with van der Waals surface area (Å²) in [6, 6.07) is 1.61. The SMILES string of the molecule is CN(CCC(N)=S)C(=O)c1ccoc1Br. The predicted molar refractivity (Wildman–Crippen MR) is 64.8 cm³/mol. The van der Waals surface area contributed by atoms with Gasteiger partial charge < -0.3 is 15.1 Å². The van der Waals surface area contributed by atoms with E-state index in [1.54, 1.807) is 18.0 Å². The van der Waals surface area contributed by atoms with Crippen LogP contribution in [0.25, 0.3) is 0 Å². The van der Waals surface area contributed by atoms with Gasteiger partial charge in [0.05, 0.1) is 16.8 Å². The number of rotatable bonds is 4. The highest BCUT2D eigenvalue weighted by atomic mass is 79.9. The summed E-state index contributed by atoms with van der Waals surface area (Å²) >= 11 is 7.89. The summed E-state index contributed by atoms with van der Waals surface area (Å²) in [7, 11) is 1.69. The van der Waals surface area contributed by atoms with E-state index in [0.29, 0.717) is 28.2 Å². The fraction of sp³-hybridized carbons (Fsp3) is 0.333. The lowest BCUT2D eigenvalue weighted by Gasteiger charge is -2.15. The highest BCUT2D eigenvalue weighted by Gasteiger charge is 2.16. The summed E-state index contributed by atoms with van der Waals surface area (Å²) in [5.41, 5.74) is 5.86. The highest BCUT2D eigenvalue weighted by Crippen LogP contribution is 2.18. The fourth-order valence-corrected chi connectivity index (χ4v) is 1.53. The maximum Gasteiger partial charge on any atom is 0.258 e. The minimum Gasteiger partial charge on any atom is -0.457 e. The first kappa shape index (κ1) is 12.2. The quantitative estimate of drug-likeness (QED) is 0.859. The molecule has 0 radical (unpaired) electrons. The molecule has 0 saturated heterocycles. The maximum atomic E-state index is 11.8. The van der Waals surface area contributed by atoms with Crippen molar-refractivity contribution < 1.29 is 9.21 Å². The molecule has 1 rings (SSSR count). The van der Waals surface area contributed by atoms with E-state index in [1.165, 1.54) is 6.26 Å². The molecular formula is C9H11BrN2O2S. The average molecular weight is 291 g/mol. The van der Waals surface area contributed by atoms with Crippen molar-refractivity contribution in [2.24, 2.45) is 5.73 Å². The van der Waals surface area contributed by atoms with Crippen LogP contribution in [0.5, 0.6) is 0 Å². The van der Waals surface area contributed by atoms with Crippen LogP contribution in [0.2, 0.25) is 0 Å². The van der Waals surface area contributed by atoms with Gasteiger partial charge in [-0.2, -0.15) is 0 Å². The van der Waals surface area contributed by atoms with Gasteiger partial charge in [0.15, 0.2) is 4.67 Å². The summed E-state index contributed by atoms with van der Waals surface area (Å²) in [5, 5.41) is 0. The zero-order valence-electron chi connectivity index (χ0n) is 8.20. The fourth-order valence-electron chi connectivity index (χ4n) is 1.03. The van der Waals surface area contributed by atoms with Crippen LogP contribution in [-0.4, -0.2) is 29.4 Å². The Balaban J connectivity index is 2.61. The summed E-state index contributed by atoms with van der Waals surface area (Å²) in [4.78, 5) is 13.7. The lowest BCUT2D eigenvalue weighted by atomic mass is 10.3. The molecule has 1 amide bonds. The first-order chi connectivity index (χ1) is 7.02. The number of carbonyl (C=O) groups is 1. The third kappa shape index (κ3) is 3.32. The van der Waals surface area contributed by atoms with Gasteiger partial charge >= 0.3 is 0 Å². The average Bonchev–Trinajstić information content (AvgIpc) is 2.59. The van der Waals surface area contributed by atoms with Crippen LogP contribution < -0.4 is 5.73 Å². The van der Waals surface area contributed by atoms with Gasteiger partial charge in [0, 0.05) is 20.0 Å². The Morgan fingerprint density at radius 2 is 2.40 bits per heavy atom. The van der Waals surface area contributed by atoms with Gasteiger partial charge in [-0.05, 0) is 22.0 Å². The zero-order chi connectivity index (χ0) is 11.4. The number of nitrogens with two attached hydrogens (primary N) is 1. The number of hydrogen-bond donors (Lipinski definition) is 1.